The lowest BCUT2D eigenvalue weighted by molar-refractivity contribution is -0.226. The first-order valence-corrected chi connectivity index (χ1v) is 6.77. The SMILES string of the molecule is CC(=O)O[C@@](C(C)=O)(C(=O)C(C)=O)[C@](O)(C(C)=O)[C@@H](O)[C@H](O)CO. The average molecular weight is 348 g/mol. The van der Waals surface area contributed by atoms with E-state index in [0.29, 0.717) is 20.8 Å². The van der Waals surface area contributed by atoms with Crippen LogP contribution in [0.3, 0.4) is 0 Å². The van der Waals surface area contributed by atoms with Gasteiger partial charge in [-0.2, -0.15) is 0 Å². The predicted molar refractivity (Wildman–Crippen MR) is 75.6 cm³/mol. The van der Waals surface area contributed by atoms with E-state index < -0.39 is 59.1 Å². The molecule has 0 aromatic carbocycles. The Kier molecular flexibility index (Phi) is 7.06. The van der Waals surface area contributed by atoms with Crippen LogP contribution in [0, 0.1) is 0 Å². The second kappa shape index (κ2) is 7.71. The fourth-order valence-electron chi connectivity index (χ4n) is 2.30. The minimum Gasteiger partial charge on any atom is -0.439 e. The molecule has 0 aromatic heterocycles. The number of hydrogen-bond acceptors (Lipinski definition) is 10. The number of Topliss-reactive ketones (excluding diaryl/α,β-unsaturated/α-hetero) is 4. The van der Waals surface area contributed by atoms with Crippen molar-refractivity contribution in [2.75, 3.05) is 6.61 Å². The number of hydrogen-bond donors (Lipinski definition) is 4. The van der Waals surface area contributed by atoms with Crippen LogP contribution in [0.5, 0.6) is 0 Å². The third-order valence-corrected chi connectivity index (χ3v) is 3.49. The minimum absolute atomic E-state index is 0.641. The zero-order chi connectivity index (χ0) is 19.5. The van der Waals surface area contributed by atoms with E-state index in [1.54, 1.807) is 0 Å². The molecular formula is C14H20O10. The Labute approximate surface area is 137 Å². The highest BCUT2D eigenvalue weighted by molar-refractivity contribution is 6.45. The molecule has 0 spiro atoms. The van der Waals surface area contributed by atoms with Gasteiger partial charge in [-0.1, -0.05) is 0 Å². The van der Waals surface area contributed by atoms with Gasteiger partial charge in [-0.3, -0.25) is 24.0 Å². The zero-order valence-electron chi connectivity index (χ0n) is 13.6. The lowest BCUT2D eigenvalue weighted by Gasteiger charge is -2.44. The molecule has 4 N–H and O–H groups in total. The van der Waals surface area contributed by atoms with Gasteiger partial charge in [0.05, 0.1) is 6.61 Å². The highest BCUT2D eigenvalue weighted by Gasteiger charge is 2.70. The Bertz CT molecular complexity index is 568. The van der Waals surface area contributed by atoms with Gasteiger partial charge in [0.1, 0.15) is 12.2 Å². The molecule has 10 heteroatoms. The van der Waals surface area contributed by atoms with Crippen LogP contribution in [0.1, 0.15) is 27.7 Å². The molecule has 0 saturated carbocycles. The van der Waals surface area contributed by atoms with Gasteiger partial charge in [-0.15, -0.1) is 0 Å². The second-order valence-corrected chi connectivity index (χ2v) is 5.23. The van der Waals surface area contributed by atoms with Crippen molar-refractivity contribution < 1.29 is 49.1 Å². The Morgan fingerprint density at radius 2 is 1.42 bits per heavy atom. The molecule has 0 aliphatic rings. The summed E-state index contributed by atoms with van der Waals surface area (Å²) in [6.07, 6.45) is -4.81. The first-order chi connectivity index (χ1) is 10.8. The molecule has 0 saturated heterocycles. The second-order valence-electron chi connectivity index (χ2n) is 5.23. The monoisotopic (exact) mass is 348 g/mol. The molecular weight excluding hydrogens is 328 g/mol. The summed E-state index contributed by atoms with van der Waals surface area (Å²) in [6.45, 7) is 1.55. The van der Waals surface area contributed by atoms with Gasteiger partial charge >= 0.3 is 5.97 Å². The summed E-state index contributed by atoms with van der Waals surface area (Å²) in [7, 11) is 0. The van der Waals surface area contributed by atoms with Gasteiger partial charge in [-0.25, -0.2) is 0 Å². The van der Waals surface area contributed by atoms with E-state index in [1.165, 1.54) is 0 Å². The van der Waals surface area contributed by atoms with Crippen LogP contribution >= 0.6 is 0 Å². The predicted octanol–water partition coefficient (Wildman–Crippen LogP) is -2.93. The van der Waals surface area contributed by atoms with Crippen molar-refractivity contribution >= 4 is 29.1 Å². The van der Waals surface area contributed by atoms with Gasteiger partial charge in [0.25, 0.3) is 11.4 Å². The molecule has 24 heavy (non-hydrogen) atoms. The third-order valence-electron chi connectivity index (χ3n) is 3.49. The number of carbonyl (C=O) groups is 5. The summed E-state index contributed by atoms with van der Waals surface area (Å²) >= 11 is 0. The first-order valence-electron chi connectivity index (χ1n) is 6.77. The highest BCUT2D eigenvalue weighted by Crippen LogP contribution is 2.35. The minimum atomic E-state index is -3.50. The number of aliphatic hydroxyl groups excluding tert-OH is 3. The summed E-state index contributed by atoms with van der Waals surface area (Å²) in [5.74, 6) is -7.32. The molecule has 0 amide bonds. The fraction of sp³-hybridized carbons (Fsp3) is 0.643. The highest BCUT2D eigenvalue weighted by atomic mass is 16.6. The largest absolute Gasteiger partial charge is 0.439 e. The molecule has 0 bridgehead atoms. The maximum atomic E-state index is 12.3. The van der Waals surface area contributed by atoms with Crippen LogP contribution in [0.2, 0.25) is 0 Å². The molecule has 0 radical (unpaired) electrons. The van der Waals surface area contributed by atoms with Crippen LogP contribution in [0.25, 0.3) is 0 Å². The maximum Gasteiger partial charge on any atom is 0.304 e. The lowest BCUT2D eigenvalue weighted by atomic mass is 9.69. The van der Waals surface area contributed by atoms with Gasteiger partial charge in [0.15, 0.2) is 17.3 Å². The van der Waals surface area contributed by atoms with Crippen molar-refractivity contribution in [1.29, 1.82) is 0 Å². The maximum absolute atomic E-state index is 12.3. The summed E-state index contributed by atoms with van der Waals surface area (Å²) < 4.78 is 4.58. The normalized spacial score (nSPS) is 18.5. The number of ether oxygens (including phenoxy) is 1. The van der Waals surface area contributed by atoms with Gasteiger partial charge in [0.2, 0.25) is 5.60 Å². The molecule has 0 aliphatic carbocycles. The third kappa shape index (κ3) is 3.41. The van der Waals surface area contributed by atoms with Crippen LogP contribution < -0.4 is 0 Å². The van der Waals surface area contributed by atoms with Crippen LogP contribution in [-0.2, 0) is 28.7 Å². The number of aliphatic hydroxyl groups is 4. The molecule has 0 rings (SSSR count). The summed E-state index contributed by atoms with van der Waals surface area (Å²) in [4.78, 5) is 59.2. The number of rotatable bonds is 9. The summed E-state index contributed by atoms with van der Waals surface area (Å²) in [5.41, 5.74) is -6.92. The first kappa shape index (κ1) is 22.0. The molecule has 0 unspecified atom stereocenters. The molecule has 0 aliphatic heterocycles. The molecule has 10 nitrogen and oxygen atoms in total. The van der Waals surface area contributed by atoms with Crippen LogP contribution in [0.4, 0.5) is 0 Å². The van der Waals surface area contributed by atoms with Crippen molar-refractivity contribution in [3.05, 3.63) is 0 Å². The van der Waals surface area contributed by atoms with E-state index in [9.17, 15) is 39.3 Å². The van der Waals surface area contributed by atoms with E-state index in [0.717, 1.165) is 6.92 Å². The molecule has 4 atom stereocenters. The topological polar surface area (TPSA) is 175 Å². The molecule has 0 fully saturated rings. The molecule has 0 aromatic rings. The zero-order valence-corrected chi connectivity index (χ0v) is 13.6. The van der Waals surface area contributed by atoms with E-state index in [-0.39, 0.29) is 0 Å². The van der Waals surface area contributed by atoms with Gasteiger partial charge in [0, 0.05) is 13.8 Å². The van der Waals surface area contributed by atoms with E-state index >= 15 is 0 Å². The van der Waals surface area contributed by atoms with Crippen LogP contribution in [-0.4, -0.2) is 79.5 Å². The van der Waals surface area contributed by atoms with Crippen molar-refractivity contribution in [1.82, 2.24) is 0 Å². The Hall–Kier alpha value is -2.01. The summed E-state index contributed by atoms with van der Waals surface area (Å²) in [5, 5.41) is 39.2. The standard InChI is InChI=1S/C14H20O10/c1-6(16)11(21)14(8(3)18,24-9(4)19)13(23,7(2)17)12(22)10(20)5-15/h10,12,15,20,22-23H,5H2,1-4H3/t10-,12+,13+,14+/m1/s1. The van der Waals surface area contributed by atoms with Gasteiger partial charge < -0.3 is 25.2 Å². The Balaban J connectivity index is 6.88. The lowest BCUT2D eigenvalue weighted by Crippen LogP contribution is -2.76. The van der Waals surface area contributed by atoms with Crippen molar-refractivity contribution in [2.24, 2.45) is 0 Å². The van der Waals surface area contributed by atoms with Crippen LogP contribution in [0.15, 0.2) is 0 Å². The fourth-order valence-corrected chi connectivity index (χ4v) is 2.30. The average Bonchev–Trinajstić information content (AvgIpc) is 2.48. The van der Waals surface area contributed by atoms with Crippen molar-refractivity contribution in [3.8, 4) is 0 Å². The van der Waals surface area contributed by atoms with Gasteiger partial charge in [-0.05, 0) is 13.8 Å². The Morgan fingerprint density at radius 3 is 1.67 bits per heavy atom. The number of carbonyl (C=O) groups excluding carboxylic acids is 5. The number of esters is 1. The molecule has 0 heterocycles. The van der Waals surface area contributed by atoms with E-state index in [4.69, 9.17) is 5.11 Å². The van der Waals surface area contributed by atoms with E-state index in [2.05, 4.69) is 4.74 Å². The van der Waals surface area contributed by atoms with Crippen molar-refractivity contribution in [3.63, 3.8) is 0 Å². The van der Waals surface area contributed by atoms with Crippen molar-refractivity contribution in [2.45, 2.75) is 51.1 Å². The smallest absolute Gasteiger partial charge is 0.304 e. The van der Waals surface area contributed by atoms with E-state index in [1.807, 2.05) is 0 Å². The quantitative estimate of drug-likeness (QED) is 0.192. The number of ketones is 4. The summed E-state index contributed by atoms with van der Waals surface area (Å²) in [6, 6.07) is 0. The molecule has 136 valence electrons. The Morgan fingerprint density at radius 1 is 0.958 bits per heavy atom.